The lowest BCUT2D eigenvalue weighted by atomic mass is 10.0. The number of halogens is 1. The number of guanidine groups is 1. The van der Waals surface area contributed by atoms with Gasteiger partial charge in [-0.25, -0.2) is 4.99 Å². The highest BCUT2D eigenvalue weighted by atomic mass is 127. The molecule has 1 aliphatic rings. The summed E-state index contributed by atoms with van der Waals surface area (Å²) in [4.78, 5) is 19.3. The Morgan fingerprint density at radius 1 is 1.32 bits per heavy atom. The van der Waals surface area contributed by atoms with Crippen LogP contribution >= 0.6 is 35.3 Å². The van der Waals surface area contributed by atoms with Crippen LogP contribution in [0.25, 0.3) is 0 Å². The van der Waals surface area contributed by atoms with Gasteiger partial charge in [-0.2, -0.15) is 0 Å². The lowest BCUT2D eigenvalue weighted by Crippen LogP contribution is -2.41. The summed E-state index contributed by atoms with van der Waals surface area (Å²) in [5, 5.41) is 8.94. The Morgan fingerprint density at radius 3 is 2.82 bits per heavy atom. The molecular weight excluding hydrogens is 487 g/mol. The van der Waals surface area contributed by atoms with Crippen molar-refractivity contribution in [3.63, 3.8) is 0 Å². The first kappa shape index (κ1) is 22.5. The number of nitrogens with zero attached hydrogens (tertiary/aromatic N) is 2. The molecule has 0 spiro atoms. The van der Waals surface area contributed by atoms with Gasteiger partial charge < -0.3 is 20.3 Å². The van der Waals surface area contributed by atoms with Crippen molar-refractivity contribution < 1.29 is 9.53 Å². The van der Waals surface area contributed by atoms with E-state index in [2.05, 4.69) is 40.1 Å². The third-order valence-electron chi connectivity index (χ3n) is 4.53. The fourth-order valence-electron chi connectivity index (χ4n) is 2.85. The third kappa shape index (κ3) is 5.84. The van der Waals surface area contributed by atoms with Crippen molar-refractivity contribution >= 4 is 47.2 Å². The fraction of sp³-hybridized carbons (Fsp3) is 0.400. The lowest BCUT2D eigenvalue weighted by Gasteiger charge is -2.28. The second-order valence-corrected chi connectivity index (χ2v) is 7.71. The summed E-state index contributed by atoms with van der Waals surface area (Å²) < 4.78 is 5.74. The molecule has 6 nitrogen and oxygen atoms in total. The number of hydrogen-bond donors (Lipinski definition) is 2. The standard InChI is InChI=1S/C20H26N4O2S.HI/c1-14-9-11-27-18(14)12-21-20(22-13-19(25)24(2)3)23-16-8-10-26-17-7-5-4-6-15(16)17;/h4-7,9,11,16H,8,10,12-13H2,1-3H3,(H2,21,22,23);1H. The van der Waals surface area contributed by atoms with Crippen molar-refractivity contribution in [2.45, 2.75) is 25.9 Å². The Balaban J connectivity index is 0.00000280. The molecule has 1 atom stereocenters. The number of likely N-dealkylation sites (N-methyl/N-ethyl adjacent to an activating group) is 1. The fourth-order valence-corrected chi connectivity index (χ4v) is 3.69. The second kappa shape index (κ2) is 10.7. The van der Waals surface area contributed by atoms with Gasteiger partial charge in [0.1, 0.15) is 12.3 Å². The van der Waals surface area contributed by atoms with Crippen LogP contribution in [0.15, 0.2) is 40.7 Å². The predicted octanol–water partition coefficient (Wildman–Crippen LogP) is 3.32. The first-order chi connectivity index (χ1) is 13.0. The maximum atomic E-state index is 12.0. The normalized spacial score (nSPS) is 15.7. The molecule has 3 rings (SSSR count). The number of benzene rings is 1. The van der Waals surface area contributed by atoms with E-state index in [-0.39, 0.29) is 42.5 Å². The molecular formula is C20H27IN4O2S. The second-order valence-electron chi connectivity index (χ2n) is 6.71. The molecule has 1 amide bonds. The smallest absolute Gasteiger partial charge is 0.243 e. The summed E-state index contributed by atoms with van der Waals surface area (Å²) in [7, 11) is 3.48. The van der Waals surface area contributed by atoms with Crippen LogP contribution in [0.2, 0.25) is 0 Å². The number of nitrogens with one attached hydrogen (secondary N) is 2. The molecule has 28 heavy (non-hydrogen) atoms. The number of fused-ring (bicyclic) bond motifs is 1. The van der Waals surface area contributed by atoms with E-state index < -0.39 is 0 Å². The highest BCUT2D eigenvalue weighted by Crippen LogP contribution is 2.31. The number of hydrogen-bond acceptors (Lipinski definition) is 4. The maximum Gasteiger partial charge on any atom is 0.243 e. The summed E-state index contributed by atoms with van der Waals surface area (Å²) in [5.74, 6) is 1.51. The minimum Gasteiger partial charge on any atom is -0.493 e. The molecule has 0 saturated carbocycles. The predicted molar refractivity (Wildman–Crippen MR) is 125 cm³/mol. The molecule has 8 heteroatoms. The van der Waals surface area contributed by atoms with E-state index in [1.807, 2.05) is 18.2 Å². The molecule has 152 valence electrons. The Labute approximate surface area is 187 Å². The summed E-state index contributed by atoms with van der Waals surface area (Å²) in [6.07, 6.45) is 0.845. The van der Waals surface area contributed by atoms with Crippen LogP contribution in [0.5, 0.6) is 5.75 Å². The van der Waals surface area contributed by atoms with Crippen LogP contribution in [0.3, 0.4) is 0 Å². The van der Waals surface area contributed by atoms with Gasteiger partial charge in [-0.1, -0.05) is 18.2 Å². The van der Waals surface area contributed by atoms with Crippen molar-refractivity contribution in [3.8, 4) is 5.75 Å². The van der Waals surface area contributed by atoms with E-state index in [1.165, 1.54) is 10.4 Å². The topological polar surface area (TPSA) is 66.0 Å². The monoisotopic (exact) mass is 514 g/mol. The van der Waals surface area contributed by atoms with Crippen LogP contribution in [-0.2, 0) is 11.3 Å². The number of aryl methyl sites for hydroxylation is 1. The van der Waals surface area contributed by atoms with E-state index in [9.17, 15) is 4.79 Å². The average Bonchev–Trinajstić information content (AvgIpc) is 3.08. The highest BCUT2D eigenvalue weighted by molar-refractivity contribution is 14.0. The number of rotatable bonds is 5. The molecule has 0 radical (unpaired) electrons. The van der Waals surface area contributed by atoms with Crippen LogP contribution in [0.1, 0.15) is 28.5 Å². The molecule has 2 N–H and O–H groups in total. The number of thiophene rings is 1. The summed E-state index contributed by atoms with van der Waals surface area (Å²) in [6.45, 7) is 3.54. The highest BCUT2D eigenvalue weighted by Gasteiger charge is 2.22. The molecule has 1 unspecified atom stereocenters. The number of aliphatic imine (C=N–C) groups is 1. The van der Waals surface area contributed by atoms with Gasteiger partial charge in [0.2, 0.25) is 5.91 Å². The van der Waals surface area contributed by atoms with Crippen molar-refractivity contribution in [1.82, 2.24) is 15.5 Å². The Bertz CT molecular complexity index is 822. The Kier molecular flexibility index (Phi) is 8.56. The van der Waals surface area contributed by atoms with Gasteiger partial charge in [0.15, 0.2) is 5.96 Å². The first-order valence-corrected chi connectivity index (χ1v) is 9.92. The summed E-state index contributed by atoms with van der Waals surface area (Å²) >= 11 is 1.72. The number of amides is 1. The number of carbonyl (C=O) groups is 1. The lowest BCUT2D eigenvalue weighted by molar-refractivity contribution is -0.127. The zero-order valence-electron chi connectivity index (χ0n) is 16.4. The minimum atomic E-state index is -0.0317. The van der Waals surface area contributed by atoms with E-state index in [4.69, 9.17) is 4.74 Å². The van der Waals surface area contributed by atoms with Gasteiger partial charge in [0, 0.05) is 31.0 Å². The van der Waals surface area contributed by atoms with Crippen molar-refractivity contribution in [2.24, 2.45) is 4.99 Å². The summed E-state index contributed by atoms with van der Waals surface area (Å²) in [5.41, 5.74) is 2.37. The van der Waals surface area contributed by atoms with Crippen LogP contribution in [0.4, 0.5) is 0 Å². The first-order valence-electron chi connectivity index (χ1n) is 9.04. The molecule has 0 saturated heterocycles. The van der Waals surface area contributed by atoms with E-state index in [1.54, 1.807) is 30.3 Å². The molecule has 2 aromatic rings. The molecule has 0 aliphatic carbocycles. The van der Waals surface area contributed by atoms with E-state index >= 15 is 0 Å². The van der Waals surface area contributed by atoms with Gasteiger partial charge in [0.25, 0.3) is 0 Å². The Morgan fingerprint density at radius 2 is 2.11 bits per heavy atom. The van der Waals surface area contributed by atoms with Gasteiger partial charge in [-0.05, 0) is 30.0 Å². The van der Waals surface area contributed by atoms with E-state index in [0.717, 1.165) is 17.7 Å². The Hall–Kier alpha value is -1.81. The molecule has 1 aromatic heterocycles. The van der Waals surface area contributed by atoms with E-state index in [0.29, 0.717) is 19.1 Å². The van der Waals surface area contributed by atoms with Gasteiger partial charge >= 0.3 is 0 Å². The minimum absolute atomic E-state index is 0. The number of ether oxygens (including phenoxy) is 1. The van der Waals surface area contributed by atoms with Crippen LogP contribution in [0, 0.1) is 6.92 Å². The molecule has 1 aliphatic heterocycles. The van der Waals surface area contributed by atoms with Crippen molar-refractivity contribution in [3.05, 3.63) is 51.7 Å². The van der Waals surface area contributed by atoms with Crippen molar-refractivity contribution in [1.29, 1.82) is 0 Å². The summed E-state index contributed by atoms with van der Waals surface area (Å²) in [6, 6.07) is 10.2. The van der Waals surface area contributed by atoms with Gasteiger partial charge in [-0.3, -0.25) is 4.79 Å². The number of carbonyl (C=O) groups excluding carboxylic acids is 1. The van der Waals surface area contributed by atoms with Crippen molar-refractivity contribution in [2.75, 3.05) is 27.2 Å². The number of para-hydroxylation sites is 1. The zero-order valence-corrected chi connectivity index (χ0v) is 19.5. The van der Waals surface area contributed by atoms with Gasteiger partial charge in [-0.15, -0.1) is 35.3 Å². The third-order valence-corrected chi connectivity index (χ3v) is 5.55. The van der Waals surface area contributed by atoms with Crippen LogP contribution in [-0.4, -0.2) is 44.0 Å². The molecule has 0 bridgehead atoms. The zero-order chi connectivity index (χ0) is 19.2. The quantitative estimate of drug-likeness (QED) is 0.365. The maximum absolute atomic E-state index is 12.0. The molecule has 0 fully saturated rings. The van der Waals surface area contributed by atoms with Crippen LogP contribution < -0.4 is 15.4 Å². The SMILES string of the molecule is Cc1ccsc1CNC(=NCC(=O)N(C)C)NC1CCOc2ccccc21.I. The molecule has 1 aromatic carbocycles. The van der Waals surface area contributed by atoms with Gasteiger partial charge in [0.05, 0.1) is 19.2 Å². The largest absolute Gasteiger partial charge is 0.493 e. The average molecular weight is 514 g/mol. The molecule has 2 heterocycles.